The molecule has 3 nitrogen and oxygen atoms in total. The van der Waals surface area contributed by atoms with E-state index in [0.717, 1.165) is 6.42 Å². The Labute approximate surface area is 54.4 Å². The van der Waals surface area contributed by atoms with Crippen LogP contribution in [0.3, 0.4) is 0 Å². The molecule has 0 aliphatic carbocycles. The minimum atomic E-state index is -0.000278. The zero-order valence-electron chi connectivity index (χ0n) is 5.52. The predicted molar refractivity (Wildman–Crippen MR) is 33.0 cm³/mol. The highest BCUT2D eigenvalue weighted by atomic mass is 16.5. The summed E-state index contributed by atoms with van der Waals surface area (Å²) in [7, 11) is 0. The molecular weight excluding hydrogens is 118 g/mol. The topological polar surface area (TPSA) is 38.3 Å². The van der Waals surface area contributed by atoms with Crippen molar-refractivity contribution in [3.63, 3.8) is 0 Å². The molecule has 0 aromatic rings. The smallest absolute Gasteiger partial charge is 0.246 e. The van der Waals surface area contributed by atoms with E-state index >= 15 is 0 Å². The maximum absolute atomic E-state index is 10.5. The fourth-order valence-corrected chi connectivity index (χ4v) is 0.793. The second kappa shape index (κ2) is 2.82. The highest BCUT2D eigenvalue weighted by Gasteiger charge is 2.15. The van der Waals surface area contributed by atoms with Gasteiger partial charge in [0.2, 0.25) is 5.91 Å². The first-order chi connectivity index (χ1) is 4.33. The van der Waals surface area contributed by atoms with Gasteiger partial charge in [-0.3, -0.25) is 4.79 Å². The van der Waals surface area contributed by atoms with Gasteiger partial charge >= 0.3 is 0 Å². The summed E-state index contributed by atoms with van der Waals surface area (Å²) in [4.78, 5) is 10.5. The van der Waals surface area contributed by atoms with Gasteiger partial charge in [0.15, 0.2) is 0 Å². The molecule has 9 heavy (non-hydrogen) atoms. The van der Waals surface area contributed by atoms with Crippen LogP contribution in [0.25, 0.3) is 0 Å². The molecule has 1 fully saturated rings. The van der Waals surface area contributed by atoms with E-state index in [2.05, 4.69) is 5.32 Å². The third kappa shape index (κ3) is 1.68. The van der Waals surface area contributed by atoms with Gasteiger partial charge in [-0.2, -0.15) is 0 Å². The van der Waals surface area contributed by atoms with Gasteiger partial charge in [0, 0.05) is 6.54 Å². The van der Waals surface area contributed by atoms with Crippen molar-refractivity contribution in [1.29, 1.82) is 0 Å². The maximum Gasteiger partial charge on any atom is 0.246 e. The Morgan fingerprint density at radius 3 is 3.11 bits per heavy atom. The van der Waals surface area contributed by atoms with E-state index in [4.69, 9.17) is 4.74 Å². The summed E-state index contributed by atoms with van der Waals surface area (Å²) >= 11 is 0. The molecule has 0 spiro atoms. The molecular formula is C6H11NO2. The predicted octanol–water partition coefficient (Wildman–Crippen LogP) is -0.0886. The van der Waals surface area contributed by atoms with Crippen LogP contribution in [0, 0.1) is 0 Å². The molecule has 1 heterocycles. The van der Waals surface area contributed by atoms with Crippen molar-refractivity contribution in [1.82, 2.24) is 5.32 Å². The molecule has 0 radical (unpaired) electrons. The summed E-state index contributed by atoms with van der Waals surface area (Å²) in [6.45, 7) is 2.95. The molecule has 3 heteroatoms. The molecule has 0 unspecified atom stereocenters. The number of rotatable bonds is 1. The summed E-state index contributed by atoms with van der Waals surface area (Å²) in [6.07, 6.45) is 1.21. The largest absolute Gasteiger partial charge is 0.367 e. The van der Waals surface area contributed by atoms with Crippen LogP contribution in [-0.4, -0.2) is 25.2 Å². The molecule has 0 bridgehead atoms. The van der Waals surface area contributed by atoms with Gasteiger partial charge in [-0.15, -0.1) is 0 Å². The highest BCUT2D eigenvalue weighted by molar-refractivity contribution is 5.77. The summed E-state index contributed by atoms with van der Waals surface area (Å²) < 4.78 is 5.13. The maximum atomic E-state index is 10.5. The Morgan fingerprint density at radius 1 is 1.89 bits per heavy atom. The van der Waals surface area contributed by atoms with Gasteiger partial charge in [-0.1, -0.05) is 6.92 Å². The number of hydrogen-bond donors (Lipinski definition) is 1. The summed E-state index contributed by atoms with van der Waals surface area (Å²) in [5.41, 5.74) is 0. The fourth-order valence-electron chi connectivity index (χ4n) is 0.793. The van der Waals surface area contributed by atoms with E-state index in [-0.39, 0.29) is 18.6 Å². The summed E-state index contributed by atoms with van der Waals surface area (Å²) in [6, 6.07) is 0. The van der Waals surface area contributed by atoms with Crippen molar-refractivity contribution in [2.24, 2.45) is 0 Å². The van der Waals surface area contributed by atoms with E-state index in [1.54, 1.807) is 0 Å². The van der Waals surface area contributed by atoms with Crippen LogP contribution in [0.4, 0.5) is 0 Å². The number of carbonyl (C=O) groups is 1. The number of nitrogens with one attached hydrogen (secondary N) is 1. The third-order valence-corrected chi connectivity index (χ3v) is 1.43. The third-order valence-electron chi connectivity index (χ3n) is 1.43. The van der Waals surface area contributed by atoms with Crippen LogP contribution in [0.5, 0.6) is 0 Å². The first-order valence-corrected chi connectivity index (χ1v) is 3.21. The summed E-state index contributed by atoms with van der Waals surface area (Å²) in [5.74, 6) is -0.000278. The zero-order valence-corrected chi connectivity index (χ0v) is 5.52. The van der Waals surface area contributed by atoms with Crippen LogP contribution in [0.2, 0.25) is 0 Å². The fraction of sp³-hybridized carbons (Fsp3) is 0.833. The Balaban J connectivity index is 2.26. The molecule has 1 aliphatic rings. The van der Waals surface area contributed by atoms with Crippen LogP contribution in [0.1, 0.15) is 13.3 Å². The van der Waals surface area contributed by atoms with E-state index in [9.17, 15) is 4.79 Å². The van der Waals surface area contributed by atoms with Gasteiger partial charge in [0.25, 0.3) is 0 Å². The van der Waals surface area contributed by atoms with E-state index < -0.39 is 0 Å². The monoisotopic (exact) mass is 129 g/mol. The number of amides is 1. The minimum Gasteiger partial charge on any atom is -0.367 e. The van der Waals surface area contributed by atoms with E-state index in [1.165, 1.54) is 0 Å². The molecule has 1 atom stereocenters. The van der Waals surface area contributed by atoms with E-state index in [1.807, 2.05) is 6.92 Å². The molecule has 1 N–H and O–H groups in total. The zero-order chi connectivity index (χ0) is 6.69. The van der Waals surface area contributed by atoms with Crippen LogP contribution in [0.15, 0.2) is 0 Å². The Bertz CT molecular complexity index is 104. The molecule has 1 rings (SSSR count). The number of morpholine rings is 1. The second-order valence-electron chi connectivity index (χ2n) is 2.15. The average molecular weight is 129 g/mol. The number of ether oxygens (including phenoxy) is 1. The Morgan fingerprint density at radius 2 is 2.67 bits per heavy atom. The normalized spacial score (nSPS) is 27.7. The van der Waals surface area contributed by atoms with Crippen LogP contribution >= 0.6 is 0 Å². The summed E-state index contributed by atoms with van der Waals surface area (Å²) in [5, 5.41) is 2.72. The lowest BCUT2D eigenvalue weighted by Gasteiger charge is -2.21. The van der Waals surface area contributed by atoms with Crippen molar-refractivity contribution >= 4 is 5.91 Å². The van der Waals surface area contributed by atoms with Crippen LogP contribution < -0.4 is 5.32 Å². The quantitative estimate of drug-likeness (QED) is 0.537. The first-order valence-electron chi connectivity index (χ1n) is 3.21. The minimum absolute atomic E-state index is 0.000278. The molecule has 1 saturated heterocycles. The lowest BCUT2D eigenvalue weighted by Crippen LogP contribution is -2.42. The Kier molecular flexibility index (Phi) is 2.05. The van der Waals surface area contributed by atoms with Crippen molar-refractivity contribution in [2.75, 3.05) is 13.2 Å². The highest BCUT2D eigenvalue weighted by Crippen LogP contribution is 1.99. The lowest BCUT2D eigenvalue weighted by molar-refractivity contribution is -0.133. The number of hydrogen-bond acceptors (Lipinski definition) is 2. The van der Waals surface area contributed by atoms with Gasteiger partial charge in [0.05, 0.1) is 6.10 Å². The second-order valence-corrected chi connectivity index (χ2v) is 2.15. The molecule has 1 aliphatic heterocycles. The van der Waals surface area contributed by atoms with Gasteiger partial charge in [0.1, 0.15) is 6.61 Å². The molecule has 1 amide bonds. The lowest BCUT2D eigenvalue weighted by atomic mass is 10.2. The van der Waals surface area contributed by atoms with Crippen molar-refractivity contribution in [3.05, 3.63) is 0 Å². The molecule has 0 aromatic carbocycles. The van der Waals surface area contributed by atoms with Crippen molar-refractivity contribution in [3.8, 4) is 0 Å². The Hall–Kier alpha value is -0.570. The van der Waals surface area contributed by atoms with Gasteiger partial charge in [-0.25, -0.2) is 0 Å². The van der Waals surface area contributed by atoms with Gasteiger partial charge in [-0.05, 0) is 6.42 Å². The average Bonchev–Trinajstić information content (AvgIpc) is 1.90. The standard InChI is InChI=1S/C6H11NO2/c1-2-5-3-7-6(8)4-9-5/h5H,2-4H2,1H3,(H,7,8)/t5-/m1/s1. The molecule has 0 aromatic heterocycles. The molecule has 0 saturated carbocycles. The van der Waals surface area contributed by atoms with Crippen molar-refractivity contribution in [2.45, 2.75) is 19.4 Å². The molecule has 52 valence electrons. The van der Waals surface area contributed by atoms with Crippen LogP contribution in [-0.2, 0) is 9.53 Å². The SMILES string of the molecule is CC[C@@H]1CNC(=O)CO1. The van der Waals surface area contributed by atoms with E-state index in [0.29, 0.717) is 6.54 Å². The number of carbonyl (C=O) groups excluding carboxylic acids is 1. The first kappa shape index (κ1) is 6.55. The van der Waals surface area contributed by atoms with Crippen molar-refractivity contribution < 1.29 is 9.53 Å². The van der Waals surface area contributed by atoms with Gasteiger partial charge < -0.3 is 10.1 Å².